The number of carbonyl (C=O) groups is 1. The van der Waals surface area contributed by atoms with Crippen molar-refractivity contribution in [3.05, 3.63) is 45.9 Å². The van der Waals surface area contributed by atoms with E-state index in [2.05, 4.69) is 26.5 Å². The highest BCUT2D eigenvalue weighted by molar-refractivity contribution is 9.10. The van der Waals surface area contributed by atoms with E-state index in [1.54, 1.807) is 12.1 Å². The number of nitrogens with one attached hydrogen (secondary N) is 1. The molecule has 0 spiro atoms. The second-order valence-corrected chi connectivity index (χ2v) is 5.73. The molecule has 132 valence electrons. The molecule has 0 saturated heterocycles. The van der Waals surface area contributed by atoms with Gasteiger partial charge in [0.15, 0.2) is 11.5 Å². The minimum atomic E-state index is -0.466. The molecule has 0 bridgehead atoms. The zero-order valence-electron chi connectivity index (χ0n) is 13.9. The maximum Gasteiger partial charge on any atom is 0.271 e. The highest BCUT2D eigenvalue weighted by Gasteiger charge is 2.16. The van der Waals surface area contributed by atoms with E-state index in [1.165, 1.54) is 45.7 Å². The summed E-state index contributed by atoms with van der Waals surface area (Å²) in [6, 6.07) is 7.98. The molecule has 0 aliphatic rings. The lowest BCUT2D eigenvalue weighted by Crippen LogP contribution is -2.18. The average Bonchev–Trinajstić information content (AvgIpc) is 2.61. The molecule has 0 atom stereocenters. The lowest BCUT2D eigenvalue weighted by molar-refractivity contribution is 0.0954. The number of methoxy groups -OCH3 is 3. The number of hydrazone groups is 1. The van der Waals surface area contributed by atoms with Crippen LogP contribution in [0.25, 0.3) is 0 Å². The fourth-order valence-electron chi connectivity index (χ4n) is 2.06. The first kappa shape index (κ1) is 18.6. The van der Waals surface area contributed by atoms with Crippen LogP contribution in [0.3, 0.4) is 0 Å². The van der Waals surface area contributed by atoms with Crippen molar-refractivity contribution in [1.29, 1.82) is 0 Å². The van der Waals surface area contributed by atoms with Gasteiger partial charge in [-0.05, 0) is 30.3 Å². The first-order valence-corrected chi connectivity index (χ1v) is 7.91. The third kappa shape index (κ3) is 4.42. The Balaban J connectivity index is 2.19. The maximum atomic E-state index is 12.3. The van der Waals surface area contributed by atoms with E-state index in [1.807, 2.05) is 0 Å². The quantitative estimate of drug-likeness (QED) is 0.566. The number of halogens is 1. The zero-order valence-corrected chi connectivity index (χ0v) is 15.5. The average molecular weight is 409 g/mol. The van der Waals surface area contributed by atoms with Crippen LogP contribution in [-0.4, -0.2) is 38.6 Å². The number of aromatic hydroxyl groups is 1. The summed E-state index contributed by atoms with van der Waals surface area (Å²) in [5, 5.41) is 13.6. The normalized spacial score (nSPS) is 10.6. The highest BCUT2D eigenvalue weighted by Crippen LogP contribution is 2.38. The number of hydrogen-bond donors (Lipinski definition) is 2. The Hall–Kier alpha value is -2.74. The molecule has 0 aliphatic carbocycles. The van der Waals surface area contributed by atoms with Crippen molar-refractivity contribution in [1.82, 2.24) is 5.43 Å². The van der Waals surface area contributed by atoms with Gasteiger partial charge in [-0.25, -0.2) is 5.43 Å². The predicted molar refractivity (Wildman–Crippen MR) is 97.0 cm³/mol. The van der Waals surface area contributed by atoms with Gasteiger partial charge in [0.1, 0.15) is 5.75 Å². The Morgan fingerprint density at radius 1 is 1.12 bits per heavy atom. The Kier molecular flexibility index (Phi) is 6.24. The van der Waals surface area contributed by atoms with Gasteiger partial charge in [-0.3, -0.25) is 4.79 Å². The number of amides is 1. The van der Waals surface area contributed by atoms with Crippen molar-refractivity contribution in [3.63, 3.8) is 0 Å². The predicted octanol–water partition coefficient (Wildman–Crippen LogP) is 2.94. The number of phenols is 1. The van der Waals surface area contributed by atoms with Crippen LogP contribution in [0.4, 0.5) is 0 Å². The van der Waals surface area contributed by atoms with Crippen molar-refractivity contribution in [2.45, 2.75) is 0 Å². The third-order valence-electron chi connectivity index (χ3n) is 3.29. The third-order valence-corrected chi connectivity index (χ3v) is 3.78. The lowest BCUT2D eigenvalue weighted by atomic mass is 10.1. The highest BCUT2D eigenvalue weighted by atomic mass is 79.9. The van der Waals surface area contributed by atoms with E-state index in [4.69, 9.17) is 14.2 Å². The summed E-state index contributed by atoms with van der Waals surface area (Å²) in [5.74, 6) is 0.695. The number of rotatable bonds is 6. The van der Waals surface area contributed by atoms with Crippen molar-refractivity contribution in [2.24, 2.45) is 5.10 Å². The van der Waals surface area contributed by atoms with Crippen LogP contribution in [0, 0.1) is 0 Å². The van der Waals surface area contributed by atoms with Gasteiger partial charge in [0.25, 0.3) is 5.91 Å². The van der Waals surface area contributed by atoms with Gasteiger partial charge in [-0.2, -0.15) is 5.10 Å². The second kappa shape index (κ2) is 8.39. The van der Waals surface area contributed by atoms with E-state index in [0.29, 0.717) is 22.8 Å². The molecule has 0 aliphatic heterocycles. The van der Waals surface area contributed by atoms with Crippen molar-refractivity contribution >= 4 is 28.1 Å². The summed E-state index contributed by atoms with van der Waals surface area (Å²) >= 11 is 3.25. The molecule has 0 unspecified atom stereocenters. The molecular weight excluding hydrogens is 392 g/mol. The first-order chi connectivity index (χ1) is 12.0. The molecule has 8 heteroatoms. The fraction of sp³-hybridized carbons (Fsp3) is 0.176. The summed E-state index contributed by atoms with van der Waals surface area (Å²) < 4.78 is 16.4. The fourth-order valence-corrected chi connectivity index (χ4v) is 2.41. The zero-order chi connectivity index (χ0) is 18.4. The molecule has 0 fully saturated rings. The lowest BCUT2D eigenvalue weighted by Gasteiger charge is -2.13. The topological polar surface area (TPSA) is 89.4 Å². The van der Waals surface area contributed by atoms with E-state index < -0.39 is 5.91 Å². The Morgan fingerprint density at radius 2 is 1.76 bits per heavy atom. The van der Waals surface area contributed by atoms with Crippen LogP contribution in [-0.2, 0) is 0 Å². The molecule has 2 rings (SSSR count). The summed E-state index contributed by atoms with van der Waals surface area (Å²) in [7, 11) is 4.41. The number of ether oxygens (including phenoxy) is 3. The van der Waals surface area contributed by atoms with Crippen LogP contribution in [0.2, 0.25) is 0 Å². The smallest absolute Gasteiger partial charge is 0.271 e. The van der Waals surface area contributed by atoms with Crippen LogP contribution in [0.5, 0.6) is 23.0 Å². The van der Waals surface area contributed by atoms with Crippen molar-refractivity contribution < 1.29 is 24.1 Å². The van der Waals surface area contributed by atoms with Crippen molar-refractivity contribution in [3.8, 4) is 23.0 Å². The maximum absolute atomic E-state index is 12.3. The van der Waals surface area contributed by atoms with Crippen LogP contribution in [0.1, 0.15) is 15.9 Å². The van der Waals surface area contributed by atoms with E-state index >= 15 is 0 Å². The van der Waals surface area contributed by atoms with E-state index in [-0.39, 0.29) is 11.3 Å². The summed E-state index contributed by atoms with van der Waals surface area (Å²) in [6.45, 7) is 0. The van der Waals surface area contributed by atoms with Gasteiger partial charge in [0, 0.05) is 15.6 Å². The number of hydrogen-bond acceptors (Lipinski definition) is 6. The largest absolute Gasteiger partial charge is 0.507 e. The molecular formula is C17H17BrN2O5. The summed E-state index contributed by atoms with van der Waals surface area (Å²) in [4.78, 5) is 12.3. The van der Waals surface area contributed by atoms with Gasteiger partial charge >= 0.3 is 0 Å². The minimum Gasteiger partial charge on any atom is -0.507 e. The molecule has 0 heterocycles. The van der Waals surface area contributed by atoms with Crippen LogP contribution >= 0.6 is 15.9 Å². The second-order valence-electron chi connectivity index (χ2n) is 4.82. The van der Waals surface area contributed by atoms with Gasteiger partial charge < -0.3 is 19.3 Å². The number of benzene rings is 2. The minimum absolute atomic E-state index is 0.0418. The molecule has 2 aromatic carbocycles. The number of phenolic OH excluding ortho intramolecular Hbond substituents is 1. The summed E-state index contributed by atoms with van der Waals surface area (Å²) in [5.41, 5.74) is 3.14. The van der Waals surface area contributed by atoms with E-state index in [0.717, 1.165) is 4.47 Å². The molecule has 25 heavy (non-hydrogen) atoms. The summed E-state index contributed by atoms with van der Waals surface area (Å²) in [6.07, 6.45) is 1.34. The number of carbonyl (C=O) groups excluding carboxylic acids is 1. The van der Waals surface area contributed by atoms with Crippen molar-refractivity contribution in [2.75, 3.05) is 21.3 Å². The Bertz CT molecular complexity index is 783. The molecule has 1 amide bonds. The molecule has 2 aromatic rings. The van der Waals surface area contributed by atoms with Gasteiger partial charge in [-0.1, -0.05) is 15.9 Å². The monoisotopic (exact) mass is 408 g/mol. The van der Waals surface area contributed by atoms with E-state index in [9.17, 15) is 9.90 Å². The van der Waals surface area contributed by atoms with Crippen LogP contribution < -0.4 is 19.6 Å². The number of nitrogens with zero attached hydrogens (tertiary/aromatic N) is 1. The Labute approximate surface area is 153 Å². The molecule has 0 saturated carbocycles. The SMILES string of the molecule is COc1cc(C(=O)N/N=C/c2ccc(Br)cc2O)cc(OC)c1OC. The van der Waals surface area contributed by atoms with Crippen LogP contribution in [0.15, 0.2) is 39.9 Å². The van der Waals surface area contributed by atoms with Gasteiger partial charge in [0.2, 0.25) is 5.75 Å². The molecule has 0 radical (unpaired) electrons. The van der Waals surface area contributed by atoms with Gasteiger partial charge in [-0.15, -0.1) is 0 Å². The standard InChI is InChI=1S/C17H17BrN2O5/c1-23-14-6-11(7-15(24-2)16(14)25-3)17(22)20-19-9-10-4-5-12(18)8-13(10)21/h4-9,21H,1-3H3,(H,20,22)/b19-9+. The molecule has 0 aromatic heterocycles. The Morgan fingerprint density at radius 3 is 2.28 bits per heavy atom. The van der Waals surface area contributed by atoms with Gasteiger partial charge in [0.05, 0.1) is 27.5 Å². The molecule has 2 N–H and O–H groups in total. The first-order valence-electron chi connectivity index (χ1n) is 7.12. The molecule has 7 nitrogen and oxygen atoms in total.